The highest BCUT2D eigenvalue weighted by Crippen LogP contribution is 2.27. The van der Waals surface area contributed by atoms with Crippen LogP contribution in [0.3, 0.4) is 0 Å². The van der Waals surface area contributed by atoms with Gasteiger partial charge in [-0.15, -0.1) is 0 Å². The zero-order chi connectivity index (χ0) is 17.9. The molecule has 26 heavy (non-hydrogen) atoms. The number of piperidine rings is 1. The maximum absolute atomic E-state index is 12.3. The fourth-order valence-electron chi connectivity index (χ4n) is 3.20. The molecule has 1 aliphatic rings. The van der Waals surface area contributed by atoms with Crippen LogP contribution in [0.4, 0.5) is 6.01 Å². The summed E-state index contributed by atoms with van der Waals surface area (Å²) in [6, 6.07) is 15.7. The highest BCUT2D eigenvalue weighted by atomic mass is 35.5. The van der Waals surface area contributed by atoms with Gasteiger partial charge in [0.2, 0.25) is 0 Å². The molecule has 6 heteroatoms. The van der Waals surface area contributed by atoms with Gasteiger partial charge in [0.1, 0.15) is 12.1 Å². The van der Waals surface area contributed by atoms with E-state index in [0.717, 1.165) is 42.6 Å². The number of carbonyl (C=O) groups excluding carboxylic acids is 1. The summed E-state index contributed by atoms with van der Waals surface area (Å²) in [7, 11) is 0. The largest absolute Gasteiger partial charge is 0.461 e. The van der Waals surface area contributed by atoms with Gasteiger partial charge in [-0.2, -0.15) is 4.98 Å². The second-order valence-corrected chi connectivity index (χ2v) is 6.90. The van der Waals surface area contributed by atoms with Crippen molar-refractivity contribution in [2.45, 2.75) is 19.4 Å². The molecule has 0 N–H and O–H groups in total. The molecule has 5 nitrogen and oxygen atoms in total. The minimum Gasteiger partial charge on any atom is -0.461 e. The zero-order valence-corrected chi connectivity index (χ0v) is 15.0. The van der Waals surface area contributed by atoms with Crippen LogP contribution in [-0.4, -0.2) is 24.0 Å². The number of anilines is 1. The predicted molar refractivity (Wildman–Crippen MR) is 100 cm³/mol. The molecule has 0 saturated carbocycles. The number of ether oxygens (including phenoxy) is 1. The van der Waals surface area contributed by atoms with Crippen LogP contribution in [0, 0.1) is 5.92 Å². The van der Waals surface area contributed by atoms with Crippen molar-refractivity contribution in [3.05, 3.63) is 59.1 Å². The van der Waals surface area contributed by atoms with Gasteiger partial charge in [-0.1, -0.05) is 35.9 Å². The second kappa shape index (κ2) is 7.38. The molecule has 134 valence electrons. The van der Waals surface area contributed by atoms with Crippen molar-refractivity contribution in [1.29, 1.82) is 0 Å². The molecule has 4 rings (SSSR count). The Hall–Kier alpha value is -2.53. The van der Waals surface area contributed by atoms with E-state index in [2.05, 4.69) is 9.88 Å². The van der Waals surface area contributed by atoms with E-state index in [1.165, 1.54) is 0 Å². The van der Waals surface area contributed by atoms with Crippen molar-refractivity contribution in [3.8, 4) is 0 Å². The normalized spacial score (nSPS) is 15.3. The number of benzene rings is 2. The molecule has 0 bridgehead atoms. The van der Waals surface area contributed by atoms with E-state index in [9.17, 15) is 4.79 Å². The van der Waals surface area contributed by atoms with E-state index in [-0.39, 0.29) is 18.5 Å². The van der Waals surface area contributed by atoms with Crippen molar-refractivity contribution in [2.75, 3.05) is 18.0 Å². The first-order valence-electron chi connectivity index (χ1n) is 8.70. The van der Waals surface area contributed by atoms with Crippen molar-refractivity contribution >= 4 is 34.7 Å². The number of hydrogen-bond acceptors (Lipinski definition) is 5. The summed E-state index contributed by atoms with van der Waals surface area (Å²) in [6.45, 7) is 1.71. The summed E-state index contributed by atoms with van der Waals surface area (Å²) in [4.78, 5) is 18.9. The molecule has 3 aromatic rings. The average Bonchev–Trinajstić information content (AvgIpc) is 3.10. The highest BCUT2D eigenvalue weighted by molar-refractivity contribution is 6.30. The fraction of sp³-hybridized carbons (Fsp3) is 0.300. The smallest absolute Gasteiger partial charge is 0.309 e. The minimum absolute atomic E-state index is 0.0881. The maximum atomic E-state index is 12.3. The van der Waals surface area contributed by atoms with E-state index in [1.54, 1.807) is 6.07 Å². The van der Waals surface area contributed by atoms with Crippen molar-refractivity contribution in [2.24, 2.45) is 5.92 Å². The van der Waals surface area contributed by atoms with Gasteiger partial charge in [0.15, 0.2) is 5.58 Å². The third kappa shape index (κ3) is 3.68. The predicted octanol–water partition coefficient (Wildman–Crippen LogP) is 4.44. The number of esters is 1. The van der Waals surface area contributed by atoms with Crippen LogP contribution in [0.1, 0.15) is 18.4 Å². The van der Waals surface area contributed by atoms with Crippen molar-refractivity contribution < 1.29 is 13.9 Å². The summed E-state index contributed by atoms with van der Waals surface area (Å²) in [5.41, 5.74) is 2.53. The number of carbonyl (C=O) groups is 1. The number of hydrogen-bond donors (Lipinski definition) is 0. The van der Waals surface area contributed by atoms with Crippen LogP contribution in [0.25, 0.3) is 11.1 Å². The Labute approximate surface area is 156 Å². The van der Waals surface area contributed by atoms with Crippen LogP contribution in [0.5, 0.6) is 0 Å². The van der Waals surface area contributed by atoms with E-state index in [0.29, 0.717) is 11.0 Å². The Morgan fingerprint density at radius 1 is 1.19 bits per heavy atom. The molecule has 0 radical (unpaired) electrons. The Kier molecular flexibility index (Phi) is 4.80. The molecular weight excluding hydrogens is 352 g/mol. The van der Waals surface area contributed by atoms with Crippen LogP contribution in [-0.2, 0) is 16.1 Å². The Balaban J connectivity index is 1.32. The van der Waals surface area contributed by atoms with Gasteiger partial charge < -0.3 is 14.1 Å². The van der Waals surface area contributed by atoms with Crippen LogP contribution in [0.15, 0.2) is 52.9 Å². The highest BCUT2D eigenvalue weighted by Gasteiger charge is 2.28. The summed E-state index contributed by atoms with van der Waals surface area (Å²) in [5, 5.41) is 0.644. The molecule has 1 aromatic heterocycles. The second-order valence-electron chi connectivity index (χ2n) is 6.46. The number of rotatable bonds is 4. The molecule has 1 aliphatic heterocycles. The first-order valence-corrected chi connectivity index (χ1v) is 9.08. The van der Waals surface area contributed by atoms with Gasteiger partial charge in [-0.25, -0.2) is 0 Å². The summed E-state index contributed by atoms with van der Waals surface area (Å²) >= 11 is 5.95. The lowest BCUT2D eigenvalue weighted by molar-refractivity contribution is -0.150. The monoisotopic (exact) mass is 370 g/mol. The topological polar surface area (TPSA) is 55.6 Å². The number of aromatic nitrogens is 1. The van der Waals surface area contributed by atoms with E-state index < -0.39 is 0 Å². The molecule has 0 aliphatic carbocycles. The molecule has 1 fully saturated rings. The number of halogens is 1. The van der Waals surface area contributed by atoms with Crippen LogP contribution < -0.4 is 4.90 Å². The lowest BCUT2D eigenvalue weighted by Gasteiger charge is -2.29. The molecule has 1 saturated heterocycles. The summed E-state index contributed by atoms with van der Waals surface area (Å²) in [6.07, 6.45) is 1.46. The van der Waals surface area contributed by atoms with Crippen molar-refractivity contribution in [1.82, 2.24) is 4.98 Å². The van der Waals surface area contributed by atoms with Gasteiger partial charge in [0, 0.05) is 18.1 Å². The third-order valence-corrected chi connectivity index (χ3v) is 4.89. The molecule has 0 atom stereocenters. The summed E-state index contributed by atoms with van der Waals surface area (Å²) in [5.74, 6) is -0.239. The van der Waals surface area contributed by atoms with Crippen LogP contribution >= 0.6 is 11.6 Å². The standard InChI is InChI=1S/C20H19ClN2O3/c21-16-5-3-4-14(12-16)13-25-19(24)15-8-10-23(11-9-15)20-22-17-6-1-2-7-18(17)26-20/h1-7,12,15H,8-11,13H2. The van der Waals surface area contributed by atoms with Crippen LogP contribution in [0.2, 0.25) is 5.02 Å². The number of para-hydroxylation sites is 2. The van der Waals surface area contributed by atoms with Gasteiger partial charge in [0.25, 0.3) is 6.01 Å². The quantitative estimate of drug-likeness (QED) is 0.635. The van der Waals surface area contributed by atoms with Crippen molar-refractivity contribution in [3.63, 3.8) is 0 Å². The molecule has 2 aromatic carbocycles. The van der Waals surface area contributed by atoms with Gasteiger partial charge in [0.05, 0.1) is 5.92 Å². The molecule has 0 spiro atoms. The lowest BCUT2D eigenvalue weighted by atomic mass is 9.97. The average molecular weight is 371 g/mol. The van der Waals surface area contributed by atoms with Gasteiger partial charge >= 0.3 is 5.97 Å². The van der Waals surface area contributed by atoms with E-state index in [1.807, 2.05) is 42.5 Å². The first-order chi connectivity index (χ1) is 12.7. The molecule has 2 heterocycles. The molecule has 0 unspecified atom stereocenters. The van der Waals surface area contributed by atoms with Gasteiger partial charge in [-0.05, 0) is 42.7 Å². The van der Waals surface area contributed by atoms with E-state index >= 15 is 0 Å². The molecular formula is C20H19ClN2O3. The zero-order valence-electron chi connectivity index (χ0n) is 14.2. The number of oxazole rings is 1. The molecule has 0 amide bonds. The number of nitrogens with zero attached hydrogens (tertiary/aromatic N) is 2. The lowest BCUT2D eigenvalue weighted by Crippen LogP contribution is -2.37. The third-order valence-electron chi connectivity index (χ3n) is 4.65. The number of fused-ring (bicyclic) bond motifs is 1. The first kappa shape index (κ1) is 16.9. The van der Waals surface area contributed by atoms with E-state index in [4.69, 9.17) is 20.8 Å². The minimum atomic E-state index is -0.151. The Morgan fingerprint density at radius 2 is 2.00 bits per heavy atom. The maximum Gasteiger partial charge on any atom is 0.309 e. The van der Waals surface area contributed by atoms with Gasteiger partial charge in [-0.3, -0.25) is 4.79 Å². The summed E-state index contributed by atoms with van der Waals surface area (Å²) < 4.78 is 11.3. The SMILES string of the molecule is O=C(OCc1cccc(Cl)c1)C1CCN(c2nc3ccccc3o2)CC1. The Bertz CT molecular complexity index is 883. The Morgan fingerprint density at radius 3 is 2.77 bits per heavy atom. The fourth-order valence-corrected chi connectivity index (χ4v) is 3.41.